The fourth-order valence-electron chi connectivity index (χ4n) is 2.10. The number of hydrogen-bond donors (Lipinski definition) is 2. The molecule has 1 aromatic carbocycles. The zero-order valence-corrected chi connectivity index (χ0v) is 10.2. The number of phenols is 1. The average molecular weight is 244 g/mol. The number of nitrogens with one attached hydrogen (secondary N) is 1. The zero-order chi connectivity index (χ0) is 10.7. The summed E-state index contributed by atoms with van der Waals surface area (Å²) >= 11 is 0. The Balaban J connectivity index is 0.00000128. The second-order valence-electron chi connectivity index (χ2n) is 3.90. The highest BCUT2D eigenvalue weighted by Crippen LogP contribution is 2.36. The van der Waals surface area contributed by atoms with Crippen molar-refractivity contribution in [1.29, 1.82) is 0 Å². The molecule has 0 spiro atoms. The summed E-state index contributed by atoms with van der Waals surface area (Å²) in [7, 11) is 1.58. The Morgan fingerprint density at radius 2 is 2.19 bits per heavy atom. The SMILES string of the molecule is COc1cccc([C@@H]2CCCCN2)c1O.Cl. The summed E-state index contributed by atoms with van der Waals surface area (Å²) in [6, 6.07) is 5.93. The predicted molar refractivity (Wildman–Crippen MR) is 66.5 cm³/mol. The highest BCUT2D eigenvalue weighted by atomic mass is 35.5. The molecule has 1 aliphatic rings. The van der Waals surface area contributed by atoms with E-state index >= 15 is 0 Å². The fraction of sp³-hybridized carbons (Fsp3) is 0.500. The standard InChI is InChI=1S/C12H17NO2.ClH/c1-15-11-7-4-5-9(12(11)14)10-6-2-3-8-13-10;/h4-5,7,10,13-14H,2-3,6,8H2,1H3;1H/t10-;/m0./s1. The van der Waals surface area contributed by atoms with Gasteiger partial charge in [-0.2, -0.15) is 0 Å². The number of para-hydroxylation sites is 1. The van der Waals surface area contributed by atoms with Crippen molar-refractivity contribution >= 4 is 12.4 Å². The Bertz CT molecular complexity index is 338. The number of aromatic hydroxyl groups is 1. The van der Waals surface area contributed by atoms with Crippen molar-refractivity contribution in [2.75, 3.05) is 13.7 Å². The molecule has 2 rings (SSSR count). The maximum atomic E-state index is 9.98. The molecular weight excluding hydrogens is 226 g/mol. The molecule has 1 aliphatic heterocycles. The molecule has 0 bridgehead atoms. The van der Waals surface area contributed by atoms with Gasteiger partial charge in [-0.05, 0) is 25.5 Å². The highest BCUT2D eigenvalue weighted by molar-refractivity contribution is 5.85. The van der Waals surface area contributed by atoms with Crippen LogP contribution in [-0.2, 0) is 0 Å². The highest BCUT2D eigenvalue weighted by Gasteiger charge is 2.19. The van der Waals surface area contributed by atoms with Crippen LogP contribution in [0.1, 0.15) is 30.9 Å². The van der Waals surface area contributed by atoms with E-state index in [0.717, 1.165) is 18.5 Å². The molecule has 3 nitrogen and oxygen atoms in total. The minimum Gasteiger partial charge on any atom is -0.504 e. The number of ether oxygens (including phenoxy) is 1. The summed E-state index contributed by atoms with van der Waals surface area (Å²) in [4.78, 5) is 0. The normalized spacial score (nSPS) is 19.9. The van der Waals surface area contributed by atoms with E-state index < -0.39 is 0 Å². The van der Waals surface area contributed by atoms with Gasteiger partial charge >= 0.3 is 0 Å². The Morgan fingerprint density at radius 3 is 2.81 bits per heavy atom. The Kier molecular flexibility index (Phi) is 4.90. The van der Waals surface area contributed by atoms with E-state index in [1.54, 1.807) is 13.2 Å². The second kappa shape index (κ2) is 5.97. The zero-order valence-electron chi connectivity index (χ0n) is 9.40. The molecular formula is C12H18ClNO2. The first-order chi connectivity index (χ1) is 7.33. The van der Waals surface area contributed by atoms with Crippen molar-refractivity contribution in [1.82, 2.24) is 5.32 Å². The van der Waals surface area contributed by atoms with Gasteiger partial charge in [-0.3, -0.25) is 0 Å². The van der Waals surface area contributed by atoms with E-state index in [-0.39, 0.29) is 24.2 Å². The van der Waals surface area contributed by atoms with Crippen LogP contribution < -0.4 is 10.1 Å². The number of hydrogen-bond acceptors (Lipinski definition) is 3. The number of rotatable bonds is 2. The largest absolute Gasteiger partial charge is 0.504 e. The van der Waals surface area contributed by atoms with Gasteiger partial charge in [-0.25, -0.2) is 0 Å². The Morgan fingerprint density at radius 1 is 1.38 bits per heavy atom. The smallest absolute Gasteiger partial charge is 0.162 e. The third-order valence-corrected chi connectivity index (χ3v) is 2.94. The number of methoxy groups -OCH3 is 1. The number of piperidine rings is 1. The van der Waals surface area contributed by atoms with E-state index in [1.807, 2.05) is 12.1 Å². The van der Waals surface area contributed by atoms with Crippen molar-refractivity contribution in [3.05, 3.63) is 23.8 Å². The third-order valence-electron chi connectivity index (χ3n) is 2.94. The van der Waals surface area contributed by atoms with Gasteiger partial charge in [-0.15, -0.1) is 12.4 Å². The summed E-state index contributed by atoms with van der Waals surface area (Å²) < 4.78 is 5.10. The predicted octanol–water partition coefficient (Wildman–Crippen LogP) is 2.64. The van der Waals surface area contributed by atoms with Gasteiger partial charge in [0.25, 0.3) is 0 Å². The quantitative estimate of drug-likeness (QED) is 0.839. The number of phenolic OH excluding ortho intramolecular Hbond substituents is 1. The Hall–Kier alpha value is -0.930. The van der Waals surface area contributed by atoms with Crippen LogP contribution in [-0.4, -0.2) is 18.8 Å². The molecule has 0 unspecified atom stereocenters. The van der Waals surface area contributed by atoms with Gasteiger partial charge < -0.3 is 15.2 Å². The van der Waals surface area contributed by atoms with Gasteiger partial charge in [-0.1, -0.05) is 18.6 Å². The van der Waals surface area contributed by atoms with Crippen LogP contribution >= 0.6 is 12.4 Å². The molecule has 16 heavy (non-hydrogen) atoms. The minimum absolute atomic E-state index is 0. The van der Waals surface area contributed by atoms with Crippen molar-refractivity contribution < 1.29 is 9.84 Å². The summed E-state index contributed by atoms with van der Waals surface area (Å²) in [5, 5.41) is 13.4. The molecule has 0 aromatic heterocycles. The molecule has 0 saturated carbocycles. The molecule has 90 valence electrons. The van der Waals surface area contributed by atoms with E-state index in [4.69, 9.17) is 4.74 Å². The number of halogens is 1. The first-order valence-electron chi connectivity index (χ1n) is 5.42. The summed E-state index contributed by atoms with van der Waals surface area (Å²) in [5.41, 5.74) is 0.953. The first kappa shape index (κ1) is 13.1. The van der Waals surface area contributed by atoms with E-state index in [2.05, 4.69) is 5.32 Å². The number of benzene rings is 1. The lowest BCUT2D eigenvalue weighted by molar-refractivity contribution is 0.354. The van der Waals surface area contributed by atoms with E-state index in [0.29, 0.717) is 5.75 Å². The maximum absolute atomic E-state index is 9.98. The lowest BCUT2D eigenvalue weighted by atomic mass is 9.96. The molecule has 1 aromatic rings. The van der Waals surface area contributed by atoms with Gasteiger partial charge in [0, 0.05) is 11.6 Å². The van der Waals surface area contributed by atoms with E-state index in [9.17, 15) is 5.11 Å². The summed E-state index contributed by atoms with van der Waals surface area (Å²) in [6.07, 6.45) is 3.52. The van der Waals surface area contributed by atoms with Crippen LogP contribution in [0.3, 0.4) is 0 Å². The van der Waals surface area contributed by atoms with Crippen molar-refractivity contribution in [3.8, 4) is 11.5 Å². The summed E-state index contributed by atoms with van der Waals surface area (Å²) in [6.45, 7) is 1.03. The van der Waals surface area contributed by atoms with Gasteiger partial charge in [0.1, 0.15) is 0 Å². The van der Waals surface area contributed by atoms with Crippen LogP contribution in [0.2, 0.25) is 0 Å². The molecule has 0 amide bonds. The van der Waals surface area contributed by atoms with Crippen molar-refractivity contribution in [2.45, 2.75) is 25.3 Å². The van der Waals surface area contributed by atoms with Crippen LogP contribution in [0.5, 0.6) is 11.5 Å². The van der Waals surface area contributed by atoms with Crippen molar-refractivity contribution in [2.24, 2.45) is 0 Å². The Labute approximate surface area is 102 Å². The van der Waals surface area contributed by atoms with Crippen LogP contribution in [0.4, 0.5) is 0 Å². The monoisotopic (exact) mass is 243 g/mol. The summed E-state index contributed by atoms with van der Waals surface area (Å²) in [5.74, 6) is 0.833. The van der Waals surface area contributed by atoms with Crippen LogP contribution in [0, 0.1) is 0 Å². The molecule has 1 atom stereocenters. The average Bonchev–Trinajstić information content (AvgIpc) is 2.30. The molecule has 2 N–H and O–H groups in total. The first-order valence-corrected chi connectivity index (χ1v) is 5.42. The minimum atomic E-state index is 0. The van der Waals surface area contributed by atoms with Gasteiger partial charge in [0.15, 0.2) is 11.5 Å². The molecule has 0 aliphatic carbocycles. The second-order valence-corrected chi connectivity index (χ2v) is 3.90. The van der Waals surface area contributed by atoms with Gasteiger partial charge in [0.05, 0.1) is 7.11 Å². The molecule has 4 heteroatoms. The lowest BCUT2D eigenvalue weighted by Gasteiger charge is -2.24. The fourth-order valence-corrected chi connectivity index (χ4v) is 2.10. The molecule has 0 radical (unpaired) electrons. The topological polar surface area (TPSA) is 41.5 Å². The lowest BCUT2D eigenvalue weighted by Crippen LogP contribution is -2.26. The maximum Gasteiger partial charge on any atom is 0.162 e. The molecule has 1 saturated heterocycles. The van der Waals surface area contributed by atoms with Crippen LogP contribution in [0.25, 0.3) is 0 Å². The van der Waals surface area contributed by atoms with Gasteiger partial charge in [0.2, 0.25) is 0 Å². The third kappa shape index (κ3) is 2.60. The van der Waals surface area contributed by atoms with Crippen molar-refractivity contribution in [3.63, 3.8) is 0 Å². The molecule has 1 fully saturated rings. The van der Waals surface area contributed by atoms with E-state index in [1.165, 1.54) is 12.8 Å². The van der Waals surface area contributed by atoms with Crippen LogP contribution in [0.15, 0.2) is 18.2 Å². The molecule has 1 heterocycles.